The predicted molar refractivity (Wildman–Crippen MR) is 187 cm³/mol. The zero-order valence-corrected chi connectivity index (χ0v) is 30.1. The number of carbonyl (C=O) groups excluding carboxylic acids is 1. The highest BCUT2D eigenvalue weighted by atomic mass is 35.5. The van der Waals surface area contributed by atoms with Gasteiger partial charge < -0.3 is 13.9 Å². The normalized spacial score (nSPS) is 26.8. The Balaban J connectivity index is 1.34. The van der Waals surface area contributed by atoms with Crippen molar-refractivity contribution in [3.8, 4) is 0 Å². The minimum atomic E-state index is -3.82. The Bertz CT molecular complexity index is 1590. The summed E-state index contributed by atoms with van der Waals surface area (Å²) in [5.74, 6) is -0.0631. The molecule has 3 aromatic rings. The molecule has 6 rings (SSSR count). The summed E-state index contributed by atoms with van der Waals surface area (Å²) in [6.07, 6.45) is 3.55. The summed E-state index contributed by atoms with van der Waals surface area (Å²) in [5.41, 5.74) is -0.588. The molecule has 0 amide bonds. The SMILES string of the molecule is CC(C)(C)[Si](OC[C@@H]1[C@H]2CC(=O)C[C@@]2(CNS(=O)(=O)c2ccc(Cl)cc2)C[C@H]1OC1CCCCO1)(c1ccccc1)c1ccccc1. The van der Waals surface area contributed by atoms with E-state index in [0.29, 0.717) is 37.5 Å². The van der Waals surface area contributed by atoms with Gasteiger partial charge in [0.15, 0.2) is 6.29 Å². The van der Waals surface area contributed by atoms with E-state index in [1.165, 1.54) is 22.5 Å². The lowest BCUT2D eigenvalue weighted by molar-refractivity contribution is -0.198. The average Bonchev–Trinajstić information content (AvgIpc) is 3.52. The maximum absolute atomic E-state index is 13.4. The van der Waals surface area contributed by atoms with Crippen LogP contribution in [-0.4, -0.2) is 54.7 Å². The average molecular weight is 696 g/mol. The Kier molecular flexibility index (Phi) is 10.2. The number of fused-ring (bicyclic) bond motifs is 1. The fourth-order valence-corrected chi connectivity index (χ4v) is 14.1. The summed E-state index contributed by atoms with van der Waals surface area (Å²) in [6.45, 7) is 7.98. The largest absolute Gasteiger partial charge is 0.407 e. The number of ketones is 1. The van der Waals surface area contributed by atoms with Crippen molar-refractivity contribution in [1.29, 1.82) is 0 Å². The number of Topliss-reactive ketones (excluding diaryl/α,β-unsaturated/α-hetero) is 1. The zero-order valence-electron chi connectivity index (χ0n) is 27.5. The minimum absolute atomic E-state index is 0.102. The van der Waals surface area contributed by atoms with Gasteiger partial charge in [0.25, 0.3) is 8.32 Å². The molecular formula is C37H46ClNO6SSi. The van der Waals surface area contributed by atoms with Crippen molar-refractivity contribution >= 4 is 46.1 Å². The third-order valence-electron chi connectivity index (χ3n) is 10.5. The van der Waals surface area contributed by atoms with E-state index >= 15 is 0 Å². The monoisotopic (exact) mass is 695 g/mol. The Labute approximate surface area is 285 Å². The van der Waals surface area contributed by atoms with Gasteiger partial charge in [0.2, 0.25) is 10.0 Å². The van der Waals surface area contributed by atoms with Crippen LogP contribution in [0.15, 0.2) is 89.8 Å². The van der Waals surface area contributed by atoms with Gasteiger partial charge >= 0.3 is 0 Å². The van der Waals surface area contributed by atoms with Gasteiger partial charge in [-0.05, 0) is 76.7 Å². The molecule has 2 aliphatic carbocycles. The summed E-state index contributed by atoms with van der Waals surface area (Å²) in [6, 6.07) is 27.2. The molecule has 0 spiro atoms. The molecular weight excluding hydrogens is 650 g/mol. The number of hydrogen-bond donors (Lipinski definition) is 1. The quantitative estimate of drug-likeness (QED) is 0.244. The molecule has 1 aliphatic heterocycles. The number of rotatable bonds is 11. The number of halogens is 1. The number of hydrogen-bond acceptors (Lipinski definition) is 6. The summed E-state index contributed by atoms with van der Waals surface area (Å²) in [7, 11) is -6.70. The van der Waals surface area contributed by atoms with Crippen molar-refractivity contribution in [2.75, 3.05) is 19.8 Å². The van der Waals surface area contributed by atoms with Gasteiger partial charge in [-0.1, -0.05) is 93.0 Å². The molecule has 7 nitrogen and oxygen atoms in total. The Morgan fingerprint density at radius 2 is 1.60 bits per heavy atom. The van der Waals surface area contributed by atoms with Crippen LogP contribution in [0.2, 0.25) is 10.1 Å². The van der Waals surface area contributed by atoms with Crippen molar-refractivity contribution in [2.24, 2.45) is 17.3 Å². The van der Waals surface area contributed by atoms with Gasteiger partial charge in [-0.3, -0.25) is 4.79 Å². The summed E-state index contributed by atoms with van der Waals surface area (Å²) in [4.78, 5) is 13.4. The van der Waals surface area contributed by atoms with Gasteiger partial charge in [-0.25, -0.2) is 13.1 Å². The first-order chi connectivity index (χ1) is 22.4. The van der Waals surface area contributed by atoms with Gasteiger partial charge in [-0.15, -0.1) is 0 Å². The van der Waals surface area contributed by atoms with Crippen LogP contribution >= 0.6 is 11.6 Å². The number of benzene rings is 3. The van der Waals surface area contributed by atoms with E-state index in [0.717, 1.165) is 19.3 Å². The molecule has 1 heterocycles. The van der Waals surface area contributed by atoms with Crippen LogP contribution in [0.5, 0.6) is 0 Å². The topological polar surface area (TPSA) is 90.9 Å². The van der Waals surface area contributed by atoms with Crippen LogP contribution in [0.4, 0.5) is 0 Å². The second kappa shape index (κ2) is 13.9. The highest BCUT2D eigenvalue weighted by molar-refractivity contribution is 7.89. The first-order valence-electron chi connectivity index (χ1n) is 16.7. The number of nitrogens with one attached hydrogen (secondary N) is 1. The molecule has 47 heavy (non-hydrogen) atoms. The smallest absolute Gasteiger partial charge is 0.261 e. The highest BCUT2D eigenvalue weighted by Crippen LogP contribution is 2.57. The molecule has 0 radical (unpaired) electrons. The van der Waals surface area contributed by atoms with Crippen LogP contribution in [0, 0.1) is 17.3 Å². The first kappa shape index (κ1) is 34.5. The molecule has 10 heteroatoms. The van der Waals surface area contributed by atoms with E-state index < -0.39 is 23.8 Å². The second-order valence-corrected chi connectivity index (χ2v) is 21.0. The van der Waals surface area contributed by atoms with E-state index in [1.807, 2.05) is 12.1 Å². The Morgan fingerprint density at radius 3 is 2.17 bits per heavy atom. The third-order valence-corrected chi connectivity index (χ3v) is 17.2. The minimum Gasteiger partial charge on any atom is -0.407 e. The molecule has 3 fully saturated rings. The van der Waals surface area contributed by atoms with Crippen LogP contribution < -0.4 is 15.1 Å². The van der Waals surface area contributed by atoms with Crippen molar-refractivity contribution in [2.45, 2.75) is 81.6 Å². The standard InChI is InChI=1S/C37H46ClNO6SSi/c1-36(2,3)47(30-12-6-4-7-13-30,31-14-8-5-9-15-31)44-25-32-33-22-28(40)23-37(33,24-34(32)45-35-16-10-11-21-43-35)26-39-46(41,42)29-19-17-27(38)18-20-29/h4-9,12-15,17-20,32-35,39H,10-11,16,21-26H2,1-3H3/t32-,33-,34-,35?,37+/m1/s1. The van der Waals surface area contributed by atoms with Crippen LogP contribution in [0.25, 0.3) is 0 Å². The molecule has 1 N–H and O–H groups in total. The lowest BCUT2D eigenvalue weighted by atomic mass is 9.78. The summed E-state index contributed by atoms with van der Waals surface area (Å²) in [5, 5.41) is 2.63. The first-order valence-corrected chi connectivity index (χ1v) is 20.5. The molecule has 5 atom stereocenters. The number of carbonyl (C=O) groups is 1. The van der Waals surface area contributed by atoms with Crippen molar-refractivity contribution < 1.29 is 27.1 Å². The van der Waals surface area contributed by atoms with Gasteiger partial charge in [0.05, 0.1) is 11.0 Å². The molecule has 3 aliphatic rings. The molecule has 0 aromatic heterocycles. The van der Waals surface area contributed by atoms with Crippen molar-refractivity contribution in [1.82, 2.24) is 4.72 Å². The van der Waals surface area contributed by atoms with Crippen LogP contribution in [0.3, 0.4) is 0 Å². The molecule has 1 saturated heterocycles. The summed E-state index contributed by atoms with van der Waals surface area (Å²) >= 11 is 6.02. The third kappa shape index (κ3) is 7.04. The Morgan fingerprint density at radius 1 is 0.957 bits per heavy atom. The second-order valence-electron chi connectivity index (χ2n) is 14.5. The van der Waals surface area contributed by atoms with Gasteiger partial charge in [0.1, 0.15) is 5.78 Å². The molecule has 0 bridgehead atoms. The van der Waals surface area contributed by atoms with Gasteiger partial charge in [0, 0.05) is 43.5 Å². The van der Waals surface area contributed by atoms with E-state index in [9.17, 15) is 13.2 Å². The Hall–Kier alpha value is -2.37. The molecule has 3 aromatic carbocycles. The van der Waals surface area contributed by atoms with E-state index in [-0.39, 0.29) is 46.5 Å². The predicted octanol–water partition coefficient (Wildman–Crippen LogP) is 6.09. The van der Waals surface area contributed by atoms with E-state index in [1.54, 1.807) is 12.1 Å². The van der Waals surface area contributed by atoms with E-state index in [2.05, 4.69) is 74.0 Å². The maximum atomic E-state index is 13.4. The highest BCUT2D eigenvalue weighted by Gasteiger charge is 2.60. The number of sulfonamides is 1. The van der Waals surface area contributed by atoms with Crippen LogP contribution in [-0.2, 0) is 28.7 Å². The number of ether oxygens (including phenoxy) is 2. The summed E-state index contributed by atoms with van der Waals surface area (Å²) < 4.78 is 50.0. The van der Waals surface area contributed by atoms with Crippen LogP contribution in [0.1, 0.15) is 59.3 Å². The van der Waals surface area contributed by atoms with E-state index in [4.69, 9.17) is 25.5 Å². The lowest BCUT2D eigenvalue weighted by Gasteiger charge is -2.44. The molecule has 252 valence electrons. The lowest BCUT2D eigenvalue weighted by Crippen LogP contribution is -2.67. The van der Waals surface area contributed by atoms with Gasteiger partial charge in [-0.2, -0.15) is 0 Å². The maximum Gasteiger partial charge on any atom is 0.261 e. The molecule has 1 unspecified atom stereocenters. The fraction of sp³-hybridized carbons (Fsp3) is 0.486. The zero-order chi connectivity index (χ0) is 33.3. The van der Waals surface area contributed by atoms with Crippen molar-refractivity contribution in [3.63, 3.8) is 0 Å². The van der Waals surface area contributed by atoms with Crippen molar-refractivity contribution in [3.05, 3.63) is 90.0 Å². The fourth-order valence-electron chi connectivity index (χ4n) is 8.27. The molecule has 2 saturated carbocycles.